The maximum atomic E-state index is 12.4. The molecule has 0 spiro atoms. The molecule has 21 heavy (non-hydrogen) atoms. The first-order valence-electron chi connectivity index (χ1n) is 6.25. The number of aromatic hydroxyl groups is 2. The number of amides is 3. The number of carbonyl (C=O) groups is 2. The predicted molar refractivity (Wildman–Crippen MR) is 73.7 cm³/mol. The van der Waals surface area contributed by atoms with Gasteiger partial charge in [-0.3, -0.25) is 10.1 Å². The fourth-order valence-corrected chi connectivity index (χ4v) is 2.51. The van der Waals surface area contributed by atoms with Gasteiger partial charge in [0.15, 0.2) is 5.54 Å². The van der Waals surface area contributed by atoms with E-state index < -0.39 is 17.5 Å². The molecule has 0 radical (unpaired) electrons. The second-order valence-corrected chi connectivity index (χ2v) is 4.76. The number of hydrogen-bond acceptors (Lipinski definition) is 4. The Bertz CT molecular complexity index is 696. The summed E-state index contributed by atoms with van der Waals surface area (Å²) in [6.07, 6.45) is 0. The fourth-order valence-electron chi connectivity index (χ4n) is 2.51. The summed E-state index contributed by atoms with van der Waals surface area (Å²) in [6, 6.07) is 11.5. The van der Waals surface area contributed by atoms with Crippen LogP contribution in [0.1, 0.15) is 11.1 Å². The molecule has 2 aromatic rings. The summed E-state index contributed by atoms with van der Waals surface area (Å²) in [6.45, 7) is 0. The molecule has 1 fully saturated rings. The molecular weight excluding hydrogens is 272 g/mol. The summed E-state index contributed by atoms with van der Waals surface area (Å²) in [5, 5.41) is 24.1. The van der Waals surface area contributed by atoms with Gasteiger partial charge in [-0.25, -0.2) is 4.79 Å². The third kappa shape index (κ3) is 1.97. The number of benzene rings is 2. The molecule has 0 saturated carbocycles. The lowest BCUT2D eigenvalue weighted by Gasteiger charge is -2.27. The van der Waals surface area contributed by atoms with Crippen LogP contribution in [0.2, 0.25) is 0 Å². The van der Waals surface area contributed by atoms with Crippen LogP contribution in [0.25, 0.3) is 0 Å². The van der Waals surface area contributed by atoms with Crippen molar-refractivity contribution in [2.24, 2.45) is 0 Å². The van der Waals surface area contributed by atoms with Crippen molar-refractivity contribution < 1.29 is 19.8 Å². The standard InChI is InChI=1S/C15H12N2O4/c18-11-5-1-3-9(7-11)15(13(20)16-14(21)17-15)10-4-2-6-12(19)8-10/h1-8,18-19H,(H2,16,17,20,21). The second kappa shape index (κ2) is 4.52. The molecule has 1 aliphatic heterocycles. The molecule has 6 heteroatoms. The Kier molecular flexibility index (Phi) is 2.79. The van der Waals surface area contributed by atoms with E-state index in [4.69, 9.17) is 0 Å². The number of imide groups is 1. The number of phenols is 2. The third-order valence-electron chi connectivity index (χ3n) is 3.43. The van der Waals surface area contributed by atoms with E-state index in [1.165, 1.54) is 24.3 Å². The van der Waals surface area contributed by atoms with Crippen LogP contribution >= 0.6 is 0 Å². The second-order valence-electron chi connectivity index (χ2n) is 4.76. The van der Waals surface area contributed by atoms with Gasteiger partial charge in [-0.2, -0.15) is 0 Å². The van der Waals surface area contributed by atoms with Crippen molar-refractivity contribution in [2.45, 2.75) is 5.54 Å². The van der Waals surface area contributed by atoms with Gasteiger partial charge < -0.3 is 15.5 Å². The van der Waals surface area contributed by atoms with Gasteiger partial charge in [-0.1, -0.05) is 24.3 Å². The van der Waals surface area contributed by atoms with Crippen LogP contribution in [-0.4, -0.2) is 22.2 Å². The molecule has 1 heterocycles. The number of rotatable bonds is 2. The van der Waals surface area contributed by atoms with E-state index in [0.717, 1.165) is 0 Å². The first-order valence-corrected chi connectivity index (χ1v) is 6.25. The highest BCUT2D eigenvalue weighted by molar-refractivity contribution is 6.09. The predicted octanol–water partition coefficient (Wildman–Crippen LogP) is 1.18. The van der Waals surface area contributed by atoms with Gasteiger partial charge in [0, 0.05) is 0 Å². The van der Waals surface area contributed by atoms with E-state index in [-0.39, 0.29) is 11.5 Å². The highest BCUT2D eigenvalue weighted by atomic mass is 16.3. The largest absolute Gasteiger partial charge is 0.508 e. The number of hydrogen-bond donors (Lipinski definition) is 4. The van der Waals surface area contributed by atoms with Crippen molar-refractivity contribution in [3.63, 3.8) is 0 Å². The minimum Gasteiger partial charge on any atom is -0.508 e. The van der Waals surface area contributed by atoms with Gasteiger partial charge in [-0.05, 0) is 35.4 Å². The van der Waals surface area contributed by atoms with Crippen molar-refractivity contribution in [1.29, 1.82) is 0 Å². The van der Waals surface area contributed by atoms with Crippen molar-refractivity contribution in [2.75, 3.05) is 0 Å². The average molecular weight is 284 g/mol. The summed E-state index contributed by atoms with van der Waals surface area (Å²) in [5.41, 5.74) is -0.679. The van der Waals surface area contributed by atoms with Crippen LogP contribution in [0, 0.1) is 0 Å². The lowest BCUT2D eigenvalue weighted by atomic mass is 9.82. The SMILES string of the molecule is O=C1NC(=O)C(c2cccc(O)c2)(c2cccc(O)c2)N1. The van der Waals surface area contributed by atoms with Crippen LogP contribution in [-0.2, 0) is 10.3 Å². The van der Waals surface area contributed by atoms with Gasteiger partial charge in [0.2, 0.25) is 0 Å². The Balaban J connectivity index is 2.26. The molecule has 2 aromatic carbocycles. The van der Waals surface area contributed by atoms with Crippen LogP contribution in [0.15, 0.2) is 48.5 Å². The molecule has 0 aromatic heterocycles. The molecule has 4 N–H and O–H groups in total. The molecule has 0 atom stereocenters. The lowest BCUT2D eigenvalue weighted by molar-refractivity contribution is -0.122. The van der Waals surface area contributed by atoms with Gasteiger partial charge >= 0.3 is 6.03 Å². The fraction of sp³-hybridized carbons (Fsp3) is 0.0667. The molecule has 0 aliphatic carbocycles. The minimum absolute atomic E-state index is 0.0269. The Morgan fingerprint density at radius 2 is 1.38 bits per heavy atom. The van der Waals surface area contributed by atoms with E-state index in [9.17, 15) is 19.8 Å². The molecule has 0 bridgehead atoms. The smallest absolute Gasteiger partial charge is 0.322 e. The molecule has 3 rings (SSSR count). The lowest BCUT2D eigenvalue weighted by Crippen LogP contribution is -2.44. The molecule has 3 amide bonds. The third-order valence-corrected chi connectivity index (χ3v) is 3.43. The maximum Gasteiger partial charge on any atom is 0.322 e. The maximum absolute atomic E-state index is 12.4. The van der Waals surface area contributed by atoms with E-state index in [1.54, 1.807) is 24.3 Å². The number of carbonyl (C=O) groups excluding carboxylic acids is 2. The van der Waals surface area contributed by atoms with E-state index >= 15 is 0 Å². The van der Waals surface area contributed by atoms with E-state index in [2.05, 4.69) is 10.6 Å². The number of nitrogens with one attached hydrogen (secondary N) is 2. The van der Waals surface area contributed by atoms with Crippen LogP contribution < -0.4 is 10.6 Å². The highest BCUT2D eigenvalue weighted by Crippen LogP contribution is 2.35. The molecular formula is C15H12N2O4. The molecule has 106 valence electrons. The molecule has 6 nitrogen and oxygen atoms in total. The van der Waals surface area contributed by atoms with Gasteiger partial charge in [0.1, 0.15) is 11.5 Å². The van der Waals surface area contributed by atoms with Crippen molar-refractivity contribution >= 4 is 11.9 Å². The first kappa shape index (κ1) is 13.0. The highest BCUT2D eigenvalue weighted by Gasteiger charge is 2.49. The van der Waals surface area contributed by atoms with E-state index in [1.807, 2.05) is 0 Å². The van der Waals surface area contributed by atoms with Gasteiger partial charge in [0.05, 0.1) is 0 Å². The Hall–Kier alpha value is -3.02. The molecule has 1 aliphatic rings. The zero-order valence-corrected chi connectivity index (χ0v) is 10.8. The van der Waals surface area contributed by atoms with Crippen LogP contribution in [0.4, 0.5) is 4.79 Å². The van der Waals surface area contributed by atoms with E-state index in [0.29, 0.717) is 11.1 Å². The summed E-state index contributed by atoms with van der Waals surface area (Å²) >= 11 is 0. The van der Waals surface area contributed by atoms with Gasteiger partial charge in [-0.15, -0.1) is 0 Å². The monoisotopic (exact) mass is 284 g/mol. The molecule has 0 unspecified atom stereocenters. The average Bonchev–Trinajstić information content (AvgIpc) is 2.74. The first-order chi connectivity index (χ1) is 10.0. The molecule has 1 saturated heterocycles. The summed E-state index contributed by atoms with van der Waals surface area (Å²) in [7, 11) is 0. The quantitative estimate of drug-likeness (QED) is 0.622. The topological polar surface area (TPSA) is 98.7 Å². The van der Waals surface area contributed by atoms with Crippen LogP contribution in [0.3, 0.4) is 0 Å². The van der Waals surface area contributed by atoms with Crippen molar-refractivity contribution in [1.82, 2.24) is 10.6 Å². The number of urea groups is 1. The zero-order valence-electron chi connectivity index (χ0n) is 10.8. The van der Waals surface area contributed by atoms with Crippen LogP contribution in [0.5, 0.6) is 11.5 Å². The Labute approximate surface area is 120 Å². The zero-order chi connectivity index (χ0) is 15.0. The number of phenolic OH excluding ortho intramolecular Hbond substituents is 2. The Morgan fingerprint density at radius 3 is 1.76 bits per heavy atom. The van der Waals surface area contributed by atoms with Crippen molar-refractivity contribution in [3.8, 4) is 11.5 Å². The summed E-state index contributed by atoms with van der Waals surface area (Å²) in [5.74, 6) is -0.620. The summed E-state index contributed by atoms with van der Waals surface area (Å²) in [4.78, 5) is 24.0. The van der Waals surface area contributed by atoms with Crippen molar-refractivity contribution in [3.05, 3.63) is 59.7 Å². The Morgan fingerprint density at radius 1 is 0.857 bits per heavy atom. The van der Waals surface area contributed by atoms with Gasteiger partial charge in [0.25, 0.3) is 5.91 Å². The normalized spacial score (nSPS) is 16.4. The summed E-state index contributed by atoms with van der Waals surface area (Å²) < 4.78 is 0. The minimum atomic E-state index is -1.48.